The molecular weight excluding hydrogens is 497 g/mol. The number of benzene rings is 3. The molecule has 0 aromatic heterocycles. The number of halogens is 1. The monoisotopic (exact) mass is 527 g/mol. The van der Waals surface area contributed by atoms with Crippen molar-refractivity contribution in [2.45, 2.75) is 11.8 Å². The third kappa shape index (κ3) is 6.14. The third-order valence-corrected chi connectivity index (χ3v) is 7.97. The zero-order valence-corrected chi connectivity index (χ0v) is 21.7. The van der Waals surface area contributed by atoms with Crippen LogP contribution in [-0.4, -0.2) is 65.7 Å². The van der Waals surface area contributed by atoms with Gasteiger partial charge in [0.2, 0.25) is 5.91 Å². The summed E-state index contributed by atoms with van der Waals surface area (Å²) in [6, 6.07) is 18.8. The van der Waals surface area contributed by atoms with Gasteiger partial charge in [-0.15, -0.1) is 0 Å². The highest BCUT2D eigenvalue weighted by atomic mass is 32.2. The van der Waals surface area contributed by atoms with Gasteiger partial charge in [0, 0.05) is 31.9 Å². The Kier molecular flexibility index (Phi) is 8.17. The molecule has 1 aliphatic rings. The standard InChI is InChI=1S/C27H30FN3O5S/c1-3-36-25-12-8-23(9-13-25)31(37(33,34)26-14-4-21(28)5-15-26)20-27(32)30-18-16-29(17-19-30)22-6-10-24(35-2)11-7-22/h4-15H,3,16-20H2,1-2H3. The molecule has 0 aliphatic carbocycles. The Balaban J connectivity index is 1.51. The number of piperazine rings is 1. The summed E-state index contributed by atoms with van der Waals surface area (Å²) in [6.07, 6.45) is 0. The van der Waals surface area contributed by atoms with E-state index in [0.717, 1.165) is 27.9 Å². The van der Waals surface area contributed by atoms with Crippen LogP contribution in [0.4, 0.5) is 15.8 Å². The van der Waals surface area contributed by atoms with Crippen LogP contribution in [0, 0.1) is 5.82 Å². The van der Waals surface area contributed by atoms with E-state index < -0.39 is 15.8 Å². The molecule has 1 fully saturated rings. The van der Waals surface area contributed by atoms with Crippen LogP contribution in [0.1, 0.15) is 6.92 Å². The first-order valence-corrected chi connectivity index (χ1v) is 13.4. The van der Waals surface area contributed by atoms with Crippen LogP contribution in [0.15, 0.2) is 77.7 Å². The van der Waals surface area contributed by atoms with Crippen molar-refractivity contribution in [3.63, 3.8) is 0 Å². The molecule has 0 unspecified atom stereocenters. The van der Waals surface area contributed by atoms with E-state index in [1.54, 1.807) is 36.3 Å². The number of carbonyl (C=O) groups is 1. The van der Waals surface area contributed by atoms with Crippen molar-refractivity contribution in [1.82, 2.24) is 4.90 Å². The van der Waals surface area contributed by atoms with E-state index in [9.17, 15) is 17.6 Å². The molecule has 0 radical (unpaired) electrons. The maximum absolute atomic E-state index is 13.5. The largest absolute Gasteiger partial charge is 0.497 e. The average molecular weight is 528 g/mol. The van der Waals surface area contributed by atoms with Crippen molar-refractivity contribution < 1.29 is 27.1 Å². The number of ether oxygens (including phenoxy) is 2. The zero-order chi connectivity index (χ0) is 26.4. The first kappa shape index (κ1) is 26.3. The quantitative estimate of drug-likeness (QED) is 0.422. The first-order chi connectivity index (χ1) is 17.8. The minimum atomic E-state index is -4.13. The van der Waals surface area contributed by atoms with E-state index in [1.165, 1.54) is 12.1 Å². The number of carbonyl (C=O) groups excluding carboxylic acids is 1. The molecule has 1 aliphatic heterocycles. The third-order valence-electron chi connectivity index (χ3n) is 6.19. The van der Waals surface area contributed by atoms with Crippen LogP contribution in [-0.2, 0) is 14.8 Å². The molecule has 10 heteroatoms. The minimum absolute atomic E-state index is 0.0973. The molecule has 0 saturated carbocycles. The molecule has 3 aromatic rings. The molecule has 0 N–H and O–H groups in total. The van der Waals surface area contributed by atoms with Gasteiger partial charge in [-0.2, -0.15) is 0 Å². The van der Waals surface area contributed by atoms with E-state index >= 15 is 0 Å². The number of methoxy groups -OCH3 is 1. The highest BCUT2D eigenvalue weighted by molar-refractivity contribution is 7.92. The highest BCUT2D eigenvalue weighted by Gasteiger charge is 2.30. The van der Waals surface area contributed by atoms with Gasteiger partial charge in [-0.05, 0) is 79.7 Å². The molecular formula is C27H30FN3O5S. The summed E-state index contributed by atoms with van der Waals surface area (Å²) >= 11 is 0. The Labute approximate surface area is 216 Å². The van der Waals surface area contributed by atoms with Crippen LogP contribution in [0.5, 0.6) is 11.5 Å². The fraction of sp³-hybridized carbons (Fsp3) is 0.296. The van der Waals surface area contributed by atoms with E-state index in [0.29, 0.717) is 44.2 Å². The highest BCUT2D eigenvalue weighted by Crippen LogP contribution is 2.27. The lowest BCUT2D eigenvalue weighted by Crippen LogP contribution is -2.52. The van der Waals surface area contributed by atoms with Gasteiger partial charge in [-0.1, -0.05) is 0 Å². The second-order valence-corrected chi connectivity index (χ2v) is 10.3. The second kappa shape index (κ2) is 11.5. The van der Waals surface area contributed by atoms with Crippen molar-refractivity contribution >= 4 is 27.3 Å². The zero-order valence-electron chi connectivity index (χ0n) is 20.8. The second-order valence-electron chi connectivity index (χ2n) is 8.46. The lowest BCUT2D eigenvalue weighted by Gasteiger charge is -2.37. The fourth-order valence-electron chi connectivity index (χ4n) is 4.15. The predicted molar refractivity (Wildman–Crippen MR) is 140 cm³/mol. The van der Waals surface area contributed by atoms with Gasteiger partial charge < -0.3 is 19.3 Å². The molecule has 196 valence electrons. The van der Waals surface area contributed by atoms with E-state index in [-0.39, 0.29) is 17.3 Å². The lowest BCUT2D eigenvalue weighted by atomic mass is 10.2. The maximum atomic E-state index is 13.5. The smallest absolute Gasteiger partial charge is 0.264 e. The average Bonchev–Trinajstić information content (AvgIpc) is 2.92. The van der Waals surface area contributed by atoms with Gasteiger partial charge in [0.15, 0.2) is 0 Å². The first-order valence-electron chi connectivity index (χ1n) is 12.0. The molecule has 0 bridgehead atoms. The Hall–Kier alpha value is -3.79. The summed E-state index contributed by atoms with van der Waals surface area (Å²) < 4.78 is 52.3. The molecule has 4 rings (SSSR count). The summed E-state index contributed by atoms with van der Waals surface area (Å²) in [5, 5.41) is 0. The SMILES string of the molecule is CCOc1ccc(N(CC(=O)N2CCN(c3ccc(OC)cc3)CC2)S(=O)(=O)c2ccc(F)cc2)cc1. The molecule has 8 nitrogen and oxygen atoms in total. The van der Waals surface area contributed by atoms with Crippen LogP contribution < -0.4 is 18.7 Å². The molecule has 0 spiro atoms. The maximum Gasteiger partial charge on any atom is 0.264 e. The van der Waals surface area contributed by atoms with Crippen molar-refractivity contribution in [3.8, 4) is 11.5 Å². The summed E-state index contributed by atoms with van der Waals surface area (Å²) in [4.78, 5) is 17.1. The molecule has 37 heavy (non-hydrogen) atoms. The van der Waals surface area contributed by atoms with Gasteiger partial charge in [-0.25, -0.2) is 12.8 Å². The number of hydrogen-bond donors (Lipinski definition) is 0. The number of amides is 1. The summed E-state index contributed by atoms with van der Waals surface area (Å²) in [5.74, 6) is 0.506. The predicted octanol–water partition coefficient (Wildman–Crippen LogP) is 3.78. The van der Waals surface area contributed by atoms with Crippen molar-refractivity contribution in [2.24, 2.45) is 0 Å². The van der Waals surface area contributed by atoms with Crippen LogP contribution >= 0.6 is 0 Å². The van der Waals surface area contributed by atoms with Gasteiger partial charge in [0.1, 0.15) is 23.9 Å². The van der Waals surface area contributed by atoms with Gasteiger partial charge in [0.05, 0.1) is 24.3 Å². The number of nitrogens with zero attached hydrogens (tertiary/aromatic N) is 3. The van der Waals surface area contributed by atoms with E-state index in [2.05, 4.69) is 4.90 Å². The molecule has 1 amide bonds. The summed E-state index contributed by atoms with van der Waals surface area (Å²) in [7, 11) is -2.52. The molecule has 1 heterocycles. The van der Waals surface area contributed by atoms with E-state index in [1.807, 2.05) is 31.2 Å². The fourth-order valence-corrected chi connectivity index (χ4v) is 5.57. The Bertz CT molecular complexity index is 1290. The Morgan fingerprint density at radius 2 is 1.49 bits per heavy atom. The van der Waals surface area contributed by atoms with Gasteiger partial charge in [-0.3, -0.25) is 9.10 Å². The number of hydrogen-bond acceptors (Lipinski definition) is 6. The topological polar surface area (TPSA) is 79.4 Å². The Morgan fingerprint density at radius 3 is 2.05 bits per heavy atom. The van der Waals surface area contributed by atoms with E-state index in [4.69, 9.17) is 9.47 Å². The molecule has 3 aromatic carbocycles. The summed E-state index contributed by atoms with van der Waals surface area (Å²) in [5.41, 5.74) is 1.35. The Morgan fingerprint density at radius 1 is 0.892 bits per heavy atom. The molecule has 1 saturated heterocycles. The van der Waals surface area contributed by atoms with Crippen LogP contribution in [0.25, 0.3) is 0 Å². The van der Waals surface area contributed by atoms with Gasteiger partial charge in [0.25, 0.3) is 10.0 Å². The lowest BCUT2D eigenvalue weighted by molar-refractivity contribution is -0.129. The summed E-state index contributed by atoms with van der Waals surface area (Å²) in [6.45, 7) is 4.09. The van der Waals surface area contributed by atoms with Crippen molar-refractivity contribution in [3.05, 3.63) is 78.6 Å². The normalized spacial score (nSPS) is 13.8. The number of anilines is 2. The van der Waals surface area contributed by atoms with Crippen LogP contribution in [0.2, 0.25) is 0 Å². The van der Waals surface area contributed by atoms with Crippen molar-refractivity contribution in [2.75, 3.05) is 55.6 Å². The van der Waals surface area contributed by atoms with Gasteiger partial charge >= 0.3 is 0 Å². The van der Waals surface area contributed by atoms with Crippen LogP contribution in [0.3, 0.4) is 0 Å². The minimum Gasteiger partial charge on any atom is -0.497 e. The molecule has 0 atom stereocenters. The number of rotatable bonds is 9. The number of sulfonamides is 1. The van der Waals surface area contributed by atoms with Crippen molar-refractivity contribution in [1.29, 1.82) is 0 Å².